The molecule has 9 heteroatoms. The molecule has 0 saturated heterocycles. The highest BCUT2D eigenvalue weighted by molar-refractivity contribution is 5.84. The quantitative estimate of drug-likeness (QED) is 0.0781. The first-order chi connectivity index (χ1) is 19.7. The topological polar surface area (TPSA) is 71.6 Å². The molecule has 228 valence electrons. The second kappa shape index (κ2) is 19.0. The highest BCUT2D eigenvalue weighted by Crippen LogP contribution is 2.32. The van der Waals surface area contributed by atoms with E-state index in [9.17, 15) is 22.8 Å². The predicted molar refractivity (Wildman–Crippen MR) is 156 cm³/mol. The standard InChI is InChI=1S/C32H45F3N2O4/c1-3-4-5-6-7-8-9-10-11-12-13-14-15-16-17-18-30(38)40-25-41-31(39)37(2)22-21-26-24-36-29-20-19-27(23-28(26)29)32(33,34)35/h7-8,10-11,19-20,23-24,36H,3-6,9,12-18,21-22,25H2,1-2H3/b8-7-,11-10-. The van der Waals surface area contributed by atoms with Crippen LogP contribution in [0.5, 0.6) is 0 Å². The van der Waals surface area contributed by atoms with E-state index in [1.165, 1.54) is 43.7 Å². The van der Waals surface area contributed by atoms with Gasteiger partial charge in [-0.3, -0.25) is 4.79 Å². The molecule has 0 atom stereocenters. The van der Waals surface area contributed by atoms with Gasteiger partial charge >= 0.3 is 18.2 Å². The normalized spacial score (nSPS) is 12.0. The number of hydrogen-bond donors (Lipinski definition) is 1. The van der Waals surface area contributed by atoms with Crippen LogP contribution in [0.4, 0.5) is 18.0 Å². The highest BCUT2D eigenvalue weighted by Gasteiger charge is 2.30. The van der Waals surface area contributed by atoms with Crippen LogP contribution >= 0.6 is 0 Å². The largest absolute Gasteiger partial charge is 0.428 e. The maximum atomic E-state index is 13.0. The van der Waals surface area contributed by atoms with Crippen molar-refractivity contribution in [3.05, 3.63) is 59.8 Å². The number of nitrogens with one attached hydrogen (secondary N) is 1. The fourth-order valence-electron chi connectivity index (χ4n) is 4.35. The summed E-state index contributed by atoms with van der Waals surface area (Å²) >= 11 is 0. The van der Waals surface area contributed by atoms with Gasteiger partial charge in [-0.2, -0.15) is 13.2 Å². The molecule has 0 saturated carbocycles. The Hall–Kier alpha value is -3.23. The minimum atomic E-state index is -4.43. The number of esters is 1. The van der Waals surface area contributed by atoms with Crippen LogP contribution in [0.2, 0.25) is 0 Å². The first-order valence-electron chi connectivity index (χ1n) is 14.7. The monoisotopic (exact) mass is 578 g/mol. The number of aromatic amines is 1. The molecule has 0 spiro atoms. The summed E-state index contributed by atoms with van der Waals surface area (Å²) in [6.07, 6.45) is 18.2. The Labute approximate surface area is 242 Å². The van der Waals surface area contributed by atoms with Gasteiger partial charge < -0.3 is 19.4 Å². The number of benzene rings is 1. The molecule has 2 aromatic rings. The third-order valence-corrected chi connectivity index (χ3v) is 6.86. The Morgan fingerprint density at radius 2 is 1.61 bits per heavy atom. The summed E-state index contributed by atoms with van der Waals surface area (Å²) in [5.74, 6) is -0.412. The van der Waals surface area contributed by atoms with Crippen molar-refractivity contribution in [3.63, 3.8) is 0 Å². The molecule has 1 aromatic heterocycles. The van der Waals surface area contributed by atoms with Gasteiger partial charge in [0.1, 0.15) is 0 Å². The molecule has 0 aliphatic carbocycles. The minimum absolute atomic E-state index is 0.224. The molecule has 41 heavy (non-hydrogen) atoms. The van der Waals surface area contributed by atoms with E-state index < -0.39 is 30.6 Å². The number of fused-ring (bicyclic) bond motifs is 1. The van der Waals surface area contributed by atoms with Crippen molar-refractivity contribution in [1.29, 1.82) is 0 Å². The molecule has 1 aromatic carbocycles. The number of allylic oxidation sites excluding steroid dienone is 4. The first kappa shape index (κ1) is 34.0. The van der Waals surface area contributed by atoms with Gasteiger partial charge in [0.2, 0.25) is 6.79 Å². The van der Waals surface area contributed by atoms with Gasteiger partial charge in [-0.05, 0) is 68.7 Å². The van der Waals surface area contributed by atoms with E-state index >= 15 is 0 Å². The molecule has 0 aliphatic rings. The van der Waals surface area contributed by atoms with Gasteiger partial charge in [-0.15, -0.1) is 0 Å². The lowest BCUT2D eigenvalue weighted by molar-refractivity contribution is -0.152. The Morgan fingerprint density at radius 1 is 0.927 bits per heavy atom. The molecule has 0 fully saturated rings. The number of H-pyrrole nitrogens is 1. The number of amides is 1. The number of ether oxygens (including phenoxy) is 2. The third kappa shape index (κ3) is 13.8. The number of hydrogen-bond acceptors (Lipinski definition) is 4. The Balaban J connectivity index is 1.51. The van der Waals surface area contributed by atoms with Gasteiger partial charge in [0.15, 0.2) is 0 Å². The summed E-state index contributed by atoms with van der Waals surface area (Å²) in [6.45, 7) is 1.97. The summed E-state index contributed by atoms with van der Waals surface area (Å²) in [7, 11) is 1.52. The van der Waals surface area contributed by atoms with Crippen LogP contribution in [0.1, 0.15) is 95.1 Å². The van der Waals surface area contributed by atoms with Gasteiger partial charge in [0.25, 0.3) is 0 Å². The molecule has 1 amide bonds. The zero-order chi connectivity index (χ0) is 29.9. The van der Waals surface area contributed by atoms with Crippen molar-refractivity contribution in [2.45, 2.75) is 96.6 Å². The van der Waals surface area contributed by atoms with Crippen LogP contribution in [0, 0.1) is 0 Å². The number of alkyl halides is 3. The lowest BCUT2D eigenvalue weighted by Crippen LogP contribution is -2.30. The van der Waals surface area contributed by atoms with Gasteiger partial charge in [-0.1, -0.05) is 63.3 Å². The molecule has 6 nitrogen and oxygen atoms in total. The minimum Gasteiger partial charge on any atom is -0.428 e. The number of carbonyl (C=O) groups excluding carboxylic acids is 2. The van der Waals surface area contributed by atoms with Crippen LogP contribution in [-0.2, 0) is 26.9 Å². The molecule has 2 rings (SSSR count). The van der Waals surface area contributed by atoms with Crippen LogP contribution in [0.3, 0.4) is 0 Å². The van der Waals surface area contributed by atoms with E-state index in [0.717, 1.165) is 57.1 Å². The van der Waals surface area contributed by atoms with E-state index in [-0.39, 0.29) is 13.0 Å². The summed E-state index contributed by atoms with van der Waals surface area (Å²) in [5, 5.41) is 0.462. The molecular weight excluding hydrogens is 533 g/mol. The molecule has 1 heterocycles. The summed E-state index contributed by atoms with van der Waals surface area (Å²) < 4.78 is 49.1. The lowest BCUT2D eigenvalue weighted by atomic mass is 10.1. The Morgan fingerprint density at radius 3 is 2.32 bits per heavy atom. The lowest BCUT2D eigenvalue weighted by Gasteiger charge is -2.16. The van der Waals surface area contributed by atoms with Gasteiger partial charge in [-0.25, -0.2) is 4.79 Å². The van der Waals surface area contributed by atoms with E-state index in [0.29, 0.717) is 22.9 Å². The molecule has 0 radical (unpaired) electrons. The average Bonchev–Trinajstić information content (AvgIpc) is 3.35. The van der Waals surface area contributed by atoms with Gasteiger partial charge in [0.05, 0.1) is 5.56 Å². The van der Waals surface area contributed by atoms with Gasteiger partial charge in [0, 0.05) is 37.1 Å². The van der Waals surface area contributed by atoms with Crippen LogP contribution in [0.15, 0.2) is 48.7 Å². The summed E-state index contributed by atoms with van der Waals surface area (Å²) in [4.78, 5) is 28.3. The number of rotatable bonds is 19. The predicted octanol–water partition coefficient (Wildman–Crippen LogP) is 9.11. The summed E-state index contributed by atoms with van der Waals surface area (Å²) in [5.41, 5.74) is 0.532. The maximum absolute atomic E-state index is 13.0. The van der Waals surface area contributed by atoms with Crippen molar-refractivity contribution in [3.8, 4) is 0 Å². The summed E-state index contributed by atoms with van der Waals surface area (Å²) in [6, 6.07) is 3.53. The number of unbranched alkanes of at least 4 members (excludes halogenated alkanes) is 8. The zero-order valence-corrected chi connectivity index (χ0v) is 24.4. The second-order valence-corrected chi connectivity index (χ2v) is 10.3. The first-order valence-corrected chi connectivity index (χ1v) is 14.7. The number of nitrogens with zero attached hydrogens (tertiary/aromatic N) is 1. The SMILES string of the molecule is CCCCC/C=C\C/C=C\CCCCCCCC(=O)OCOC(=O)N(C)CCc1c[nH]c2ccc(C(F)(F)F)cc12. The fraction of sp³-hybridized carbons (Fsp3) is 0.562. The second-order valence-electron chi connectivity index (χ2n) is 10.3. The van der Waals surface area contributed by atoms with Crippen molar-refractivity contribution >= 4 is 23.0 Å². The molecule has 0 unspecified atom stereocenters. The average molecular weight is 579 g/mol. The van der Waals surface area contributed by atoms with E-state index in [4.69, 9.17) is 9.47 Å². The highest BCUT2D eigenvalue weighted by atomic mass is 19.4. The fourth-order valence-corrected chi connectivity index (χ4v) is 4.35. The number of carbonyl (C=O) groups is 2. The van der Waals surface area contributed by atoms with E-state index in [1.54, 1.807) is 6.20 Å². The van der Waals surface area contributed by atoms with E-state index in [1.807, 2.05) is 0 Å². The van der Waals surface area contributed by atoms with Crippen molar-refractivity contribution < 1.29 is 32.2 Å². The van der Waals surface area contributed by atoms with Crippen molar-refractivity contribution in [2.24, 2.45) is 0 Å². The van der Waals surface area contributed by atoms with Crippen molar-refractivity contribution in [2.75, 3.05) is 20.4 Å². The van der Waals surface area contributed by atoms with Crippen LogP contribution < -0.4 is 0 Å². The Kier molecular flexibility index (Phi) is 15.7. The molecule has 0 bridgehead atoms. The number of likely N-dealkylation sites (N-methyl/N-ethyl adjacent to an activating group) is 1. The van der Waals surface area contributed by atoms with E-state index in [2.05, 4.69) is 36.2 Å². The Bertz CT molecular complexity index is 1110. The smallest absolute Gasteiger partial charge is 0.416 e. The maximum Gasteiger partial charge on any atom is 0.416 e. The molecule has 0 aliphatic heterocycles. The van der Waals surface area contributed by atoms with Crippen LogP contribution in [0.25, 0.3) is 10.9 Å². The number of aromatic nitrogens is 1. The molecular formula is C32H45F3N2O4. The number of halogens is 3. The zero-order valence-electron chi connectivity index (χ0n) is 24.4. The third-order valence-electron chi connectivity index (χ3n) is 6.86. The van der Waals surface area contributed by atoms with Crippen molar-refractivity contribution in [1.82, 2.24) is 9.88 Å². The van der Waals surface area contributed by atoms with Crippen LogP contribution in [-0.4, -0.2) is 42.3 Å². The molecule has 1 N–H and O–H groups in total.